The maximum absolute atomic E-state index is 3.99. The second kappa shape index (κ2) is 6.87. The number of aromatic amines is 1. The van der Waals surface area contributed by atoms with Crippen molar-refractivity contribution in [3.63, 3.8) is 0 Å². The Morgan fingerprint density at radius 3 is 2.86 bits per heavy atom. The monoisotopic (exact) mass is 284 g/mol. The Bertz CT molecular complexity index is 523. The summed E-state index contributed by atoms with van der Waals surface area (Å²) in [6, 6.07) is 14.0. The number of rotatable bonds is 5. The SMILES string of the molecule is C[C@@H]1C[C@H](NCc2ccn[nH]2)CCN1Cc1ccccc1. The van der Waals surface area contributed by atoms with Crippen molar-refractivity contribution in [1.29, 1.82) is 0 Å². The Morgan fingerprint density at radius 2 is 2.14 bits per heavy atom. The van der Waals surface area contributed by atoms with Crippen LogP contribution in [0.4, 0.5) is 0 Å². The molecule has 1 aromatic carbocycles. The lowest BCUT2D eigenvalue weighted by molar-refractivity contribution is 0.128. The predicted octanol–water partition coefficient (Wildman–Crippen LogP) is 2.55. The maximum atomic E-state index is 3.99. The van der Waals surface area contributed by atoms with Gasteiger partial charge in [-0.05, 0) is 31.4 Å². The first kappa shape index (κ1) is 14.3. The Morgan fingerprint density at radius 1 is 1.29 bits per heavy atom. The van der Waals surface area contributed by atoms with Crippen molar-refractivity contribution in [3.05, 3.63) is 53.9 Å². The molecule has 2 heterocycles. The highest BCUT2D eigenvalue weighted by atomic mass is 15.2. The molecule has 0 radical (unpaired) electrons. The van der Waals surface area contributed by atoms with Gasteiger partial charge in [-0.2, -0.15) is 5.10 Å². The van der Waals surface area contributed by atoms with E-state index in [0.29, 0.717) is 12.1 Å². The second-order valence-corrected chi connectivity index (χ2v) is 5.99. The van der Waals surface area contributed by atoms with Crippen molar-refractivity contribution in [2.75, 3.05) is 6.54 Å². The van der Waals surface area contributed by atoms with Gasteiger partial charge in [-0.25, -0.2) is 0 Å². The fraction of sp³-hybridized carbons (Fsp3) is 0.471. The van der Waals surface area contributed by atoms with E-state index in [-0.39, 0.29) is 0 Å². The van der Waals surface area contributed by atoms with E-state index in [1.807, 2.05) is 12.3 Å². The van der Waals surface area contributed by atoms with Crippen LogP contribution in [0.2, 0.25) is 0 Å². The summed E-state index contributed by atoms with van der Waals surface area (Å²) in [4.78, 5) is 2.59. The Balaban J connectivity index is 1.47. The van der Waals surface area contributed by atoms with E-state index in [4.69, 9.17) is 0 Å². The quantitative estimate of drug-likeness (QED) is 0.887. The largest absolute Gasteiger partial charge is 0.308 e. The van der Waals surface area contributed by atoms with Gasteiger partial charge in [0.15, 0.2) is 0 Å². The molecule has 0 spiro atoms. The predicted molar refractivity (Wildman–Crippen MR) is 84.8 cm³/mol. The van der Waals surface area contributed by atoms with Crippen molar-refractivity contribution in [2.45, 2.75) is 44.9 Å². The number of likely N-dealkylation sites (tertiary alicyclic amines) is 1. The number of nitrogens with one attached hydrogen (secondary N) is 2. The molecule has 0 saturated carbocycles. The van der Waals surface area contributed by atoms with Crippen LogP contribution in [-0.2, 0) is 13.1 Å². The number of aromatic nitrogens is 2. The summed E-state index contributed by atoms with van der Waals surface area (Å²) in [6.07, 6.45) is 4.23. The van der Waals surface area contributed by atoms with Crippen molar-refractivity contribution in [1.82, 2.24) is 20.4 Å². The first-order valence-electron chi connectivity index (χ1n) is 7.81. The summed E-state index contributed by atoms with van der Waals surface area (Å²) in [5, 5.41) is 10.6. The standard InChI is InChI=1S/C17H24N4/c1-14-11-16(18-12-17-7-9-19-20-17)8-10-21(14)13-15-5-3-2-4-6-15/h2-7,9,14,16,18H,8,10-13H2,1H3,(H,19,20)/t14-,16-/m1/s1. The summed E-state index contributed by atoms with van der Waals surface area (Å²) in [6.45, 7) is 5.45. The van der Waals surface area contributed by atoms with Gasteiger partial charge in [0.2, 0.25) is 0 Å². The normalized spacial score (nSPS) is 23.3. The molecule has 1 aliphatic heterocycles. The zero-order valence-corrected chi connectivity index (χ0v) is 12.6. The van der Waals surface area contributed by atoms with Crippen LogP contribution in [0.5, 0.6) is 0 Å². The average molecular weight is 284 g/mol. The van der Waals surface area contributed by atoms with E-state index in [1.54, 1.807) is 0 Å². The van der Waals surface area contributed by atoms with E-state index in [2.05, 4.69) is 57.7 Å². The third-order valence-corrected chi connectivity index (χ3v) is 4.38. The number of nitrogens with zero attached hydrogens (tertiary/aromatic N) is 2. The first-order valence-corrected chi connectivity index (χ1v) is 7.81. The van der Waals surface area contributed by atoms with Crippen LogP contribution in [0.1, 0.15) is 31.0 Å². The molecule has 1 aromatic heterocycles. The molecule has 1 fully saturated rings. The zero-order valence-electron chi connectivity index (χ0n) is 12.6. The van der Waals surface area contributed by atoms with E-state index in [1.165, 1.54) is 18.4 Å². The highest BCUT2D eigenvalue weighted by Crippen LogP contribution is 2.20. The van der Waals surface area contributed by atoms with Gasteiger partial charge in [0.05, 0.1) is 0 Å². The van der Waals surface area contributed by atoms with Crippen LogP contribution < -0.4 is 5.32 Å². The van der Waals surface area contributed by atoms with Gasteiger partial charge in [0.25, 0.3) is 0 Å². The van der Waals surface area contributed by atoms with Gasteiger partial charge >= 0.3 is 0 Å². The zero-order chi connectivity index (χ0) is 14.5. The van der Waals surface area contributed by atoms with Crippen LogP contribution in [0.15, 0.2) is 42.6 Å². The van der Waals surface area contributed by atoms with Crippen LogP contribution in [0.25, 0.3) is 0 Å². The Kier molecular flexibility index (Phi) is 4.68. The minimum Gasteiger partial charge on any atom is -0.308 e. The minimum atomic E-state index is 0.607. The third-order valence-electron chi connectivity index (χ3n) is 4.38. The molecule has 0 amide bonds. The fourth-order valence-corrected chi connectivity index (χ4v) is 3.10. The molecular formula is C17H24N4. The van der Waals surface area contributed by atoms with Crippen molar-refractivity contribution < 1.29 is 0 Å². The molecule has 1 saturated heterocycles. The molecule has 2 N–H and O–H groups in total. The number of benzene rings is 1. The minimum absolute atomic E-state index is 0.607. The molecule has 1 aliphatic rings. The molecule has 2 aromatic rings. The topological polar surface area (TPSA) is 44.0 Å². The lowest BCUT2D eigenvalue weighted by Gasteiger charge is -2.38. The van der Waals surface area contributed by atoms with Gasteiger partial charge in [-0.1, -0.05) is 30.3 Å². The van der Waals surface area contributed by atoms with E-state index in [9.17, 15) is 0 Å². The molecule has 4 nitrogen and oxygen atoms in total. The molecule has 4 heteroatoms. The molecule has 0 aliphatic carbocycles. The average Bonchev–Trinajstić information content (AvgIpc) is 3.02. The molecule has 0 bridgehead atoms. The van der Waals surface area contributed by atoms with Gasteiger partial charge in [0.1, 0.15) is 0 Å². The highest BCUT2D eigenvalue weighted by Gasteiger charge is 2.24. The van der Waals surface area contributed by atoms with Crippen LogP contribution >= 0.6 is 0 Å². The lowest BCUT2D eigenvalue weighted by Crippen LogP contribution is -2.46. The fourth-order valence-electron chi connectivity index (χ4n) is 3.10. The Hall–Kier alpha value is -1.65. The molecule has 2 atom stereocenters. The number of H-pyrrole nitrogens is 1. The highest BCUT2D eigenvalue weighted by molar-refractivity contribution is 5.14. The van der Waals surface area contributed by atoms with E-state index < -0.39 is 0 Å². The summed E-state index contributed by atoms with van der Waals surface area (Å²) >= 11 is 0. The summed E-state index contributed by atoms with van der Waals surface area (Å²) in [5.74, 6) is 0. The third kappa shape index (κ3) is 3.93. The summed E-state index contributed by atoms with van der Waals surface area (Å²) < 4.78 is 0. The number of piperidine rings is 1. The smallest absolute Gasteiger partial charge is 0.0490 e. The lowest BCUT2D eigenvalue weighted by atomic mass is 9.97. The van der Waals surface area contributed by atoms with Gasteiger partial charge < -0.3 is 5.32 Å². The van der Waals surface area contributed by atoms with Crippen LogP contribution in [0, 0.1) is 0 Å². The first-order chi connectivity index (χ1) is 10.3. The molecule has 112 valence electrons. The van der Waals surface area contributed by atoms with Crippen molar-refractivity contribution in [2.24, 2.45) is 0 Å². The maximum Gasteiger partial charge on any atom is 0.0490 e. The molecule has 21 heavy (non-hydrogen) atoms. The van der Waals surface area contributed by atoms with Gasteiger partial charge in [-0.3, -0.25) is 10.00 Å². The van der Waals surface area contributed by atoms with E-state index >= 15 is 0 Å². The van der Waals surface area contributed by atoms with Crippen LogP contribution in [-0.4, -0.2) is 33.7 Å². The summed E-state index contributed by atoms with van der Waals surface area (Å²) in [5.41, 5.74) is 2.57. The van der Waals surface area contributed by atoms with Gasteiger partial charge in [-0.15, -0.1) is 0 Å². The van der Waals surface area contributed by atoms with Crippen molar-refractivity contribution >= 4 is 0 Å². The molecular weight excluding hydrogens is 260 g/mol. The summed E-state index contributed by atoms with van der Waals surface area (Å²) in [7, 11) is 0. The molecule has 0 unspecified atom stereocenters. The van der Waals surface area contributed by atoms with E-state index in [0.717, 1.165) is 25.3 Å². The second-order valence-electron chi connectivity index (χ2n) is 5.99. The van der Waals surface area contributed by atoms with Crippen LogP contribution in [0.3, 0.4) is 0 Å². The number of hydrogen-bond donors (Lipinski definition) is 2. The Labute approximate surface area is 126 Å². The number of hydrogen-bond acceptors (Lipinski definition) is 3. The molecule has 3 rings (SSSR count). The van der Waals surface area contributed by atoms with Gasteiger partial charge in [0, 0.05) is 43.6 Å². The van der Waals surface area contributed by atoms with Crippen molar-refractivity contribution in [3.8, 4) is 0 Å².